The van der Waals surface area contributed by atoms with Crippen LogP contribution in [-0.4, -0.2) is 74.9 Å². The molecule has 0 heterocycles. The number of rotatable bonds is 37. The number of carbonyl (C=O) groups is 2. The normalized spacial score (nSPS) is 13.8. The van der Waals surface area contributed by atoms with Crippen LogP contribution >= 0.6 is 7.82 Å². The fraction of sp³-hybridized carbons (Fsp3) is 0.900. The molecule has 0 fully saturated rings. The van der Waals surface area contributed by atoms with Gasteiger partial charge in [0, 0.05) is 12.8 Å². The molecule has 0 saturated heterocycles. The summed E-state index contributed by atoms with van der Waals surface area (Å²) in [5, 5.41) is 0. The fourth-order valence-corrected chi connectivity index (χ4v) is 6.28. The molecular weight excluding hydrogens is 653 g/mol. The SMILES string of the molecule is CCCCCC/C=C/CCCCCCCCCCCC(=O)OC[C@@H](COP(=O)(O)OCC[N+](C)(C)C)OC(=O)CCCCCCCCCCC. The molecule has 50 heavy (non-hydrogen) atoms. The van der Waals surface area contributed by atoms with Gasteiger partial charge in [-0.25, -0.2) is 4.57 Å². The van der Waals surface area contributed by atoms with E-state index in [2.05, 4.69) is 26.0 Å². The van der Waals surface area contributed by atoms with E-state index in [-0.39, 0.29) is 25.6 Å². The second-order valence-corrected chi connectivity index (χ2v) is 16.5. The Balaban J connectivity index is 4.30. The number of hydrogen-bond donors (Lipinski definition) is 1. The third kappa shape index (κ3) is 36.5. The number of unbranched alkanes of at least 4 members (excludes halogenated alkanes) is 21. The van der Waals surface area contributed by atoms with E-state index >= 15 is 0 Å². The Kier molecular flexibility index (Phi) is 32.7. The molecule has 1 N–H and O–H groups in total. The van der Waals surface area contributed by atoms with Gasteiger partial charge in [-0.15, -0.1) is 0 Å². The number of phosphoric ester groups is 1. The molecule has 0 spiro atoms. The van der Waals surface area contributed by atoms with Crippen molar-refractivity contribution in [3.63, 3.8) is 0 Å². The summed E-state index contributed by atoms with van der Waals surface area (Å²) in [6.07, 6.45) is 32.6. The van der Waals surface area contributed by atoms with E-state index < -0.39 is 26.5 Å². The first-order chi connectivity index (χ1) is 24.0. The van der Waals surface area contributed by atoms with Gasteiger partial charge in [0.2, 0.25) is 0 Å². The van der Waals surface area contributed by atoms with Gasteiger partial charge in [-0.05, 0) is 38.5 Å². The van der Waals surface area contributed by atoms with Crippen molar-refractivity contribution in [3.8, 4) is 0 Å². The minimum atomic E-state index is -4.36. The van der Waals surface area contributed by atoms with Crippen molar-refractivity contribution in [2.45, 2.75) is 187 Å². The number of esters is 2. The molecule has 0 aromatic rings. The van der Waals surface area contributed by atoms with Crippen LogP contribution in [0.2, 0.25) is 0 Å². The number of carbonyl (C=O) groups excluding carboxylic acids is 2. The minimum absolute atomic E-state index is 0.0342. The van der Waals surface area contributed by atoms with Crippen molar-refractivity contribution in [1.82, 2.24) is 0 Å². The quantitative estimate of drug-likeness (QED) is 0.0221. The molecule has 0 bridgehead atoms. The maximum atomic E-state index is 12.6. The second-order valence-electron chi connectivity index (χ2n) is 15.0. The van der Waals surface area contributed by atoms with E-state index in [0.29, 0.717) is 23.9 Å². The Labute approximate surface area is 307 Å². The molecule has 0 aliphatic carbocycles. The van der Waals surface area contributed by atoms with Gasteiger partial charge in [-0.2, -0.15) is 0 Å². The van der Waals surface area contributed by atoms with Gasteiger partial charge in [0.1, 0.15) is 19.8 Å². The van der Waals surface area contributed by atoms with E-state index in [0.717, 1.165) is 32.1 Å². The Morgan fingerprint density at radius 3 is 1.50 bits per heavy atom. The van der Waals surface area contributed by atoms with Crippen LogP contribution in [0.3, 0.4) is 0 Å². The largest absolute Gasteiger partial charge is 0.472 e. The molecule has 0 aromatic heterocycles. The van der Waals surface area contributed by atoms with Gasteiger partial charge in [0.15, 0.2) is 6.10 Å². The zero-order chi connectivity index (χ0) is 37.2. The standard InChI is InChI=1S/C40H78NO8P/c1-6-8-10-12-14-16-17-18-19-20-21-22-23-25-26-28-30-32-39(42)46-36-38(37-48-50(44,45)47-35-34-41(3,4)5)49-40(43)33-31-29-27-24-15-13-11-9-7-2/h16-17,38H,6-15,18-37H2,1-5H3/p+1/b17-16+/t38-/m0/s1. The molecule has 0 radical (unpaired) electrons. The third-order valence-corrected chi connectivity index (χ3v) is 9.78. The van der Waals surface area contributed by atoms with E-state index in [9.17, 15) is 19.0 Å². The number of hydrogen-bond acceptors (Lipinski definition) is 7. The lowest BCUT2D eigenvalue weighted by atomic mass is 10.1. The summed E-state index contributed by atoms with van der Waals surface area (Å²) in [5.74, 6) is -0.798. The van der Waals surface area contributed by atoms with E-state index in [1.165, 1.54) is 116 Å². The maximum Gasteiger partial charge on any atom is 0.472 e. The highest BCUT2D eigenvalue weighted by atomic mass is 31.2. The van der Waals surface area contributed by atoms with Crippen LogP contribution in [0, 0.1) is 0 Å². The first kappa shape index (κ1) is 48.8. The molecule has 10 heteroatoms. The van der Waals surface area contributed by atoms with Gasteiger partial charge in [0.25, 0.3) is 0 Å². The summed E-state index contributed by atoms with van der Waals surface area (Å²) in [4.78, 5) is 35.2. The van der Waals surface area contributed by atoms with Crippen molar-refractivity contribution in [3.05, 3.63) is 12.2 Å². The highest BCUT2D eigenvalue weighted by Gasteiger charge is 2.27. The molecule has 0 aliphatic heterocycles. The van der Waals surface area contributed by atoms with Crippen molar-refractivity contribution in [1.29, 1.82) is 0 Å². The number of nitrogens with zero attached hydrogens (tertiary/aromatic N) is 1. The topological polar surface area (TPSA) is 108 Å². The third-order valence-electron chi connectivity index (χ3n) is 8.80. The van der Waals surface area contributed by atoms with Crippen LogP contribution in [0.25, 0.3) is 0 Å². The Morgan fingerprint density at radius 1 is 0.600 bits per heavy atom. The van der Waals surface area contributed by atoms with Crippen LogP contribution in [0.5, 0.6) is 0 Å². The molecule has 0 rings (SSSR count). The average molecular weight is 733 g/mol. The fourth-order valence-electron chi connectivity index (χ4n) is 5.54. The van der Waals surface area contributed by atoms with Crippen LogP contribution in [0.4, 0.5) is 0 Å². The Bertz CT molecular complexity index is 876. The van der Waals surface area contributed by atoms with Crippen molar-refractivity contribution < 1.29 is 42.1 Å². The smallest absolute Gasteiger partial charge is 0.462 e. The van der Waals surface area contributed by atoms with Crippen LogP contribution < -0.4 is 0 Å². The zero-order valence-electron chi connectivity index (χ0n) is 33.1. The average Bonchev–Trinajstić information content (AvgIpc) is 3.06. The summed E-state index contributed by atoms with van der Waals surface area (Å²) < 4.78 is 34.2. The van der Waals surface area contributed by atoms with Gasteiger partial charge >= 0.3 is 19.8 Å². The van der Waals surface area contributed by atoms with Crippen molar-refractivity contribution >= 4 is 19.8 Å². The number of ether oxygens (including phenoxy) is 2. The Morgan fingerprint density at radius 2 is 1.02 bits per heavy atom. The molecule has 296 valence electrons. The summed E-state index contributed by atoms with van der Waals surface area (Å²) in [6, 6.07) is 0. The first-order valence-corrected chi connectivity index (χ1v) is 21.9. The molecule has 0 aromatic carbocycles. The molecule has 1 unspecified atom stereocenters. The highest BCUT2D eigenvalue weighted by molar-refractivity contribution is 7.47. The number of likely N-dealkylation sites (N-methyl/N-ethyl adjacent to an activating group) is 1. The Hall–Kier alpha value is -1.25. The summed E-state index contributed by atoms with van der Waals surface area (Å²) in [5.41, 5.74) is 0. The van der Waals surface area contributed by atoms with Gasteiger partial charge in [0.05, 0.1) is 27.7 Å². The van der Waals surface area contributed by atoms with E-state index in [1.807, 2.05) is 21.1 Å². The molecule has 9 nitrogen and oxygen atoms in total. The molecule has 2 atom stereocenters. The minimum Gasteiger partial charge on any atom is -0.462 e. The van der Waals surface area contributed by atoms with Crippen LogP contribution in [-0.2, 0) is 32.7 Å². The van der Waals surface area contributed by atoms with E-state index in [1.54, 1.807) is 0 Å². The first-order valence-electron chi connectivity index (χ1n) is 20.4. The van der Waals surface area contributed by atoms with Gasteiger partial charge < -0.3 is 18.9 Å². The monoisotopic (exact) mass is 733 g/mol. The molecule has 0 saturated carbocycles. The van der Waals surface area contributed by atoms with Crippen molar-refractivity contribution in [2.24, 2.45) is 0 Å². The second kappa shape index (κ2) is 33.6. The lowest BCUT2D eigenvalue weighted by Crippen LogP contribution is -2.37. The molecular formula is C40H79NO8P+. The predicted octanol–water partition coefficient (Wildman–Crippen LogP) is 11.0. The number of phosphoric acid groups is 1. The molecule has 0 amide bonds. The van der Waals surface area contributed by atoms with Crippen LogP contribution in [0.1, 0.15) is 181 Å². The van der Waals surface area contributed by atoms with E-state index in [4.69, 9.17) is 18.5 Å². The molecule has 0 aliphatic rings. The number of allylic oxidation sites excluding steroid dienone is 2. The maximum absolute atomic E-state index is 12.6. The highest BCUT2D eigenvalue weighted by Crippen LogP contribution is 2.43. The number of quaternary nitrogens is 1. The zero-order valence-corrected chi connectivity index (χ0v) is 34.0. The van der Waals surface area contributed by atoms with Gasteiger partial charge in [-0.3, -0.25) is 18.6 Å². The summed E-state index contributed by atoms with van der Waals surface area (Å²) in [7, 11) is 1.48. The predicted molar refractivity (Wildman–Crippen MR) is 206 cm³/mol. The summed E-state index contributed by atoms with van der Waals surface area (Å²) >= 11 is 0. The van der Waals surface area contributed by atoms with Crippen molar-refractivity contribution in [2.75, 3.05) is 47.5 Å². The van der Waals surface area contributed by atoms with Crippen LogP contribution in [0.15, 0.2) is 12.2 Å². The lowest BCUT2D eigenvalue weighted by Gasteiger charge is -2.24. The van der Waals surface area contributed by atoms with Gasteiger partial charge in [-0.1, -0.05) is 142 Å². The lowest BCUT2D eigenvalue weighted by molar-refractivity contribution is -0.870. The summed E-state index contributed by atoms with van der Waals surface area (Å²) in [6.45, 7) is 4.39.